The van der Waals surface area contributed by atoms with Gasteiger partial charge in [-0.2, -0.15) is 0 Å². The Morgan fingerprint density at radius 1 is 1.04 bits per heavy atom. The average Bonchev–Trinajstić information content (AvgIpc) is 2.81. The van der Waals surface area contributed by atoms with Gasteiger partial charge in [0.1, 0.15) is 18.2 Å². The van der Waals surface area contributed by atoms with Crippen LogP contribution in [0.1, 0.15) is 23.6 Å². The molecule has 0 bridgehead atoms. The molecule has 4 nitrogen and oxygen atoms in total. The van der Waals surface area contributed by atoms with Crippen molar-refractivity contribution in [2.45, 2.75) is 12.5 Å². The molecule has 0 spiro atoms. The molecule has 2 aliphatic heterocycles. The number of hydrogen-bond donors (Lipinski definition) is 0. The molecule has 0 radical (unpaired) electrons. The lowest BCUT2D eigenvalue weighted by Gasteiger charge is -2.39. The first kappa shape index (κ1) is 15.7. The fourth-order valence-electron chi connectivity index (χ4n) is 3.39. The third kappa shape index (κ3) is 2.66. The lowest BCUT2D eigenvalue weighted by molar-refractivity contribution is 0.0884. The van der Waals surface area contributed by atoms with Gasteiger partial charge in [-0.05, 0) is 12.1 Å². The first-order valence-electron chi connectivity index (χ1n) is 8.26. The first-order chi connectivity index (χ1) is 12.2. The minimum absolute atomic E-state index is 0.218. The molecule has 1 unspecified atom stereocenters. The predicted octanol–water partition coefficient (Wildman–Crippen LogP) is 4.20. The van der Waals surface area contributed by atoms with E-state index < -0.39 is 0 Å². The highest BCUT2D eigenvalue weighted by atomic mass is 19.1. The molecular formula is C20H19FN4. The van der Waals surface area contributed by atoms with Crippen LogP contribution in [0.5, 0.6) is 0 Å². The van der Waals surface area contributed by atoms with Crippen molar-refractivity contribution in [3.63, 3.8) is 0 Å². The minimum Gasteiger partial charge on any atom is -0.284 e. The van der Waals surface area contributed by atoms with Crippen molar-refractivity contribution in [3.05, 3.63) is 71.2 Å². The molecule has 5 heteroatoms. The molecule has 4 rings (SSSR count). The number of para-hydroxylation sites is 1. The van der Waals surface area contributed by atoms with Gasteiger partial charge in [-0.15, -0.1) is 0 Å². The summed E-state index contributed by atoms with van der Waals surface area (Å²) in [6.45, 7) is 0. The van der Waals surface area contributed by atoms with Crippen LogP contribution >= 0.6 is 0 Å². The lowest BCUT2D eigenvalue weighted by atomic mass is 9.88. The SMILES string of the molecule is CN(C)N1C=NC2=C(c3ccccc3N=CC2)C1c1ccccc1F. The number of benzene rings is 2. The van der Waals surface area contributed by atoms with Gasteiger partial charge in [0.15, 0.2) is 0 Å². The minimum atomic E-state index is -0.286. The highest BCUT2D eigenvalue weighted by molar-refractivity contribution is 5.89. The standard InChI is InChI=1S/C20H19FN4/c1-24(2)25-13-23-18-11-12-22-17-10-6-4-8-15(17)19(18)20(25)14-7-3-5-9-16(14)21/h3-10,12-13,20H,11H2,1-2H3. The van der Waals surface area contributed by atoms with Crippen LogP contribution in [0.4, 0.5) is 10.1 Å². The zero-order chi connectivity index (χ0) is 17.4. The molecule has 0 aromatic heterocycles. The van der Waals surface area contributed by atoms with Gasteiger partial charge in [0.25, 0.3) is 0 Å². The normalized spacial score (nSPS) is 19.0. The number of rotatable bonds is 2. The van der Waals surface area contributed by atoms with E-state index in [4.69, 9.17) is 0 Å². The maximum absolute atomic E-state index is 14.7. The zero-order valence-electron chi connectivity index (χ0n) is 14.2. The summed E-state index contributed by atoms with van der Waals surface area (Å²) in [4.78, 5) is 9.21. The van der Waals surface area contributed by atoms with Crippen molar-refractivity contribution in [1.29, 1.82) is 0 Å². The number of hydrogen-bond acceptors (Lipinski definition) is 4. The second kappa shape index (κ2) is 6.26. The predicted molar refractivity (Wildman–Crippen MR) is 99.3 cm³/mol. The van der Waals surface area contributed by atoms with E-state index >= 15 is 0 Å². The molecule has 0 amide bonds. The summed E-state index contributed by atoms with van der Waals surface area (Å²) >= 11 is 0. The summed E-state index contributed by atoms with van der Waals surface area (Å²) in [7, 11) is 3.87. The lowest BCUT2D eigenvalue weighted by Crippen LogP contribution is -2.41. The van der Waals surface area contributed by atoms with Gasteiger partial charge < -0.3 is 0 Å². The molecule has 0 aliphatic carbocycles. The molecular weight excluding hydrogens is 315 g/mol. The van der Waals surface area contributed by atoms with E-state index in [-0.39, 0.29) is 11.9 Å². The highest BCUT2D eigenvalue weighted by Gasteiger charge is 2.34. The van der Waals surface area contributed by atoms with Crippen LogP contribution in [0, 0.1) is 5.82 Å². The second-order valence-electron chi connectivity index (χ2n) is 6.29. The van der Waals surface area contributed by atoms with Crippen molar-refractivity contribution in [2.24, 2.45) is 9.98 Å². The van der Waals surface area contributed by atoms with Gasteiger partial charge >= 0.3 is 0 Å². The Kier molecular flexibility index (Phi) is 3.93. The Balaban J connectivity index is 1.97. The van der Waals surface area contributed by atoms with Gasteiger partial charge in [-0.3, -0.25) is 10.0 Å². The zero-order valence-corrected chi connectivity index (χ0v) is 14.2. The monoisotopic (exact) mass is 334 g/mol. The molecule has 126 valence electrons. The summed E-state index contributed by atoms with van der Waals surface area (Å²) in [6.07, 6.45) is 4.28. The van der Waals surface area contributed by atoms with Crippen LogP contribution in [0.15, 0.2) is 64.2 Å². The van der Waals surface area contributed by atoms with Crippen molar-refractivity contribution in [2.75, 3.05) is 14.1 Å². The smallest absolute Gasteiger partial charge is 0.128 e. The van der Waals surface area contributed by atoms with Crippen molar-refractivity contribution < 1.29 is 4.39 Å². The molecule has 0 fully saturated rings. The first-order valence-corrected chi connectivity index (χ1v) is 8.26. The van der Waals surface area contributed by atoms with E-state index in [2.05, 4.69) is 9.98 Å². The van der Waals surface area contributed by atoms with Crippen molar-refractivity contribution in [1.82, 2.24) is 10.0 Å². The number of nitrogens with zero attached hydrogens (tertiary/aromatic N) is 4. The second-order valence-corrected chi connectivity index (χ2v) is 6.29. The maximum atomic E-state index is 14.7. The molecule has 0 N–H and O–H groups in total. The van der Waals surface area contributed by atoms with Crippen LogP contribution < -0.4 is 0 Å². The number of allylic oxidation sites excluding steroid dienone is 1. The molecule has 25 heavy (non-hydrogen) atoms. The van der Waals surface area contributed by atoms with E-state index in [1.165, 1.54) is 6.07 Å². The third-order valence-electron chi connectivity index (χ3n) is 4.55. The van der Waals surface area contributed by atoms with E-state index in [0.717, 1.165) is 22.5 Å². The molecule has 2 aromatic rings. The van der Waals surface area contributed by atoms with E-state index in [1.807, 2.05) is 66.7 Å². The largest absolute Gasteiger partial charge is 0.284 e. The summed E-state index contributed by atoms with van der Waals surface area (Å²) < 4.78 is 14.7. The molecule has 0 saturated heterocycles. The Bertz CT molecular complexity index is 898. The van der Waals surface area contributed by atoms with Gasteiger partial charge in [0.2, 0.25) is 0 Å². The summed E-state index contributed by atoms with van der Waals surface area (Å²) in [5, 5.41) is 3.89. The summed E-state index contributed by atoms with van der Waals surface area (Å²) in [6, 6.07) is 14.6. The van der Waals surface area contributed by atoms with E-state index in [0.29, 0.717) is 12.0 Å². The Labute approximate surface area is 146 Å². The van der Waals surface area contributed by atoms with Crippen molar-refractivity contribution in [3.8, 4) is 0 Å². The van der Waals surface area contributed by atoms with Crippen LogP contribution in [0.2, 0.25) is 0 Å². The molecule has 2 heterocycles. The highest BCUT2D eigenvalue weighted by Crippen LogP contribution is 2.45. The third-order valence-corrected chi connectivity index (χ3v) is 4.55. The Morgan fingerprint density at radius 2 is 1.80 bits per heavy atom. The molecule has 0 saturated carbocycles. The fraction of sp³-hybridized carbons (Fsp3) is 0.200. The summed E-state index contributed by atoms with van der Waals surface area (Å²) in [5.41, 5.74) is 4.47. The van der Waals surface area contributed by atoms with Gasteiger partial charge in [-0.25, -0.2) is 14.4 Å². The van der Waals surface area contributed by atoms with Crippen molar-refractivity contribution >= 4 is 23.8 Å². The Morgan fingerprint density at radius 3 is 2.60 bits per heavy atom. The van der Waals surface area contributed by atoms with Crippen LogP contribution in [-0.2, 0) is 0 Å². The topological polar surface area (TPSA) is 31.2 Å². The molecule has 1 atom stereocenters. The number of aliphatic imine (C=N–C) groups is 2. The molecule has 2 aromatic carbocycles. The number of halogens is 1. The summed E-state index contributed by atoms with van der Waals surface area (Å²) in [5.74, 6) is -0.218. The van der Waals surface area contributed by atoms with Crippen LogP contribution in [-0.4, -0.2) is 36.7 Å². The number of fused-ring (bicyclic) bond motifs is 2. The Hall–Kier alpha value is -2.79. The van der Waals surface area contributed by atoms with E-state index in [9.17, 15) is 4.39 Å². The number of hydrazine groups is 1. The van der Waals surface area contributed by atoms with Crippen LogP contribution in [0.25, 0.3) is 5.57 Å². The average molecular weight is 334 g/mol. The van der Waals surface area contributed by atoms with Gasteiger partial charge in [0, 0.05) is 43.4 Å². The van der Waals surface area contributed by atoms with Gasteiger partial charge in [0.05, 0.1) is 11.4 Å². The van der Waals surface area contributed by atoms with Gasteiger partial charge in [-0.1, -0.05) is 36.4 Å². The van der Waals surface area contributed by atoms with Crippen LogP contribution in [0.3, 0.4) is 0 Å². The molecule has 2 aliphatic rings. The quantitative estimate of drug-likeness (QED) is 0.824. The fourth-order valence-corrected chi connectivity index (χ4v) is 3.39. The maximum Gasteiger partial charge on any atom is 0.128 e. The van der Waals surface area contributed by atoms with E-state index in [1.54, 1.807) is 12.4 Å².